The molecule has 11 heavy (non-hydrogen) atoms. The molecule has 54 valence electrons. The molecule has 0 aromatic carbocycles. The Kier molecular flexibility index (Phi) is 2.34. The summed E-state index contributed by atoms with van der Waals surface area (Å²) >= 11 is 0. The van der Waals surface area contributed by atoms with Gasteiger partial charge in [-0.15, -0.1) is 0 Å². The summed E-state index contributed by atoms with van der Waals surface area (Å²) in [5, 5.41) is 0. The third-order valence-electron chi connectivity index (χ3n) is 1.06. The van der Waals surface area contributed by atoms with Crippen LogP contribution in [0.25, 0.3) is 0 Å². The number of rotatable bonds is 0. The van der Waals surface area contributed by atoms with Gasteiger partial charge >= 0.3 is 0 Å². The highest BCUT2D eigenvalue weighted by atomic mass is 16.1. The van der Waals surface area contributed by atoms with Gasteiger partial charge in [0.1, 0.15) is 5.82 Å². The summed E-state index contributed by atoms with van der Waals surface area (Å²) in [5.41, 5.74) is 0.655. The zero-order valence-corrected chi connectivity index (χ0v) is 6.03. The van der Waals surface area contributed by atoms with Gasteiger partial charge in [-0.05, 0) is 12.8 Å². The van der Waals surface area contributed by atoms with E-state index in [0.29, 0.717) is 17.7 Å². The summed E-state index contributed by atoms with van der Waals surface area (Å²) in [4.78, 5) is 17.6. The average Bonchev–Trinajstić information content (AvgIpc) is 2.04. The van der Waals surface area contributed by atoms with Crippen LogP contribution in [0.4, 0.5) is 0 Å². The minimum Gasteiger partial charge on any atom is -0.289 e. The molecule has 0 atom stereocenters. The zero-order chi connectivity index (χ0) is 8.10. The Hall–Kier alpha value is -1.69. The molecule has 0 saturated heterocycles. The van der Waals surface area contributed by atoms with Gasteiger partial charge in [-0.25, -0.2) is 9.97 Å². The second-order valence-electron chi connectivity index (χ2n) is 1.91. The van der Waals surface area contributed by atoms with Crippen molar-refractivity contribution in [1.29, 1.82) is 0 Å². The lowest BCUT2D eigenvalue weighted by Gasteiger charge is -1.88. The lowest BCUT2D eigenvalue weighted by atomic mass is 10.3. The molecule has 0 fully saturated rings. The van der Waals surface area contributed by atoms with Crippen molar-refractivity contribution in [3.63, 3.8) is 0 Å². The highest BCUT2D eigenvalue weighted by Crippen LogP contribution is 1.91. The highest BCUT2D eigenvalue weighted by Gasteiger charge is 1.86. The first-order chi connectivity index (χ1) is 5.33. The lowest BCUT2D eigenvalue weighted by molar-refractivity contribution is -0.103. The van der Waals surface area contributed by atoms with Crippen LogP contribution < -0.4 is 0 Å². The number of hydrogen-bond donors (Lipinski definition) is 0. The predicted molar refractivity (Wildman–Crippen MR) is 39.7 cm³/mol. The smallest absolute Gasteiger partial charge is 0.193 e. The molecule has 0 radical (unpaired) electrons. The van der Waals surface area contributed by atoms with Crippen molar-refractivity contribution >= 4 is 6.29 Å². The minimum atomic E-state index is 0.542. The molecule has 1 rings (SSSR count). The molecule has 0 N–H and O–H groups in total. The van der Waals surface area contributed by atoms with E-state index in [2.05, 4.69) is 21.8 Å². The zero-order valence-electron chi connectivity index (χ0n) is 6.03. The Labute approximate surface area is 64.5 Å². The number of carbonyl (C=O) groups excluding carboxylic acids is 1. The van der Waals surface area contributed by atoms with Gasteiger partial charge in [-0.3, -0.25) is 4.79 Å². The Morgan fingerprint density at radius 3 is 2.64 bits per heavy atom. The van der Waals surface area contributed by atoms with Gasteiger partial charge in [0.05, 0.1) is 5.56 Å². The van der Waals surface area contributed by atoms with E-state index in [9.17, 15) is 4.79 Å². The molecule has 1 aromatic rings. The van der Waals surface area contributed by atoms with Crippen LogP contribution in [0.5, 0.6) is 0 Å². The van der Waals surface area contributed by atoms with Gasteiger partial charge in [-0.1, -0.05) is 5.92 Å². The van der Waals surface area contributed by atoms with Crippen LogP contribution in [0.1, 0.15) is 11.4 Å². The third-order valence-corrected chi connectivity index (χ3v) is 1.06. The number of carbonyl (C=O) groups is 1. The van der Waals surface area contributed by atoms with Crippen molar-refractivity contribution in [3.05, 3.63) is 23.8 Å². The van der Waals surface area contributed by atoms with Gasteiger partial charge in [-0.2, -0.15) is 0 Å². The second-order valence-corrected chi connectivity index (χ2v) is 1.91. The molecule has 0 saturated carbocycles. The largest absolute Gasteiger partial charge is 0.289 e. The number of aryl methyl sites for hydroxylation is 1. The van der Waals surface area contributed by atoms with Gasteiger partial charge < -0.3 is 0 Å². The molecule has 1 heterocycles. The molecule has 0 spiro atoms. The van der Waals surface area contributed by atoms with E-state index < -0.39 is 0 Å². The second kappa shape index (κ2) is 3.47. The number of nitrogens with zero attached hydrogens (tertiary/aromatic N) is 2. The molecule has 0 bridgehead atoms. The first kappa shape index (κ1) is 7.42. The summed E-state index contributed by atoms with van der Waals surface area (Å²) in [7, 11) is 0. The molecule has 0 aliphatic rings. The molecule has 0 amide bonds. The Balaban J connectivity index is 2.90. The Bertz CT molecular complexity index is 305. The molecular weight excluding hydrogens is 140 g/mol. The number of aromatic nitrogens is 2. The minimum absolute atomic E-state index is 0.542. The maximum atomic E-state index is 9.83. The monoisotopic (exact) mass is 146 g/mol. The molecular formula is C8H6N2O. The number of aldehydes is 1. The molecule has 0 aliphatic heterocycles. The SMILES string of the molecule is Cc1ncc(C#CC=O)cn1. The van der Waals surface area contributed by atoms with Gasteiger partial charge in [0.2, 0.25) is 0 Å². The number of hydrogen-bond acceptors (Lipinski definition) is 3. The maximum Gasteiger partial charge on any atom is 0.193 e. The standard InChI is InChI=1S/C8H6N2O/c1-7-9-5-8(6-10-7)3-2-4-11/h4-6H,1H3. The molecule has 3 nitrogen and oxygen atoms in total. The predicted octanol–water partition coefficient (Wildman–Crippen LogP) is 0.335. The molecule has 1 aromatic heterocycles. The van der Waals surface area contributed by atoms with Crippen molar-refractivity contribution in [2.75, 3.05) is 0 Å². The van der Waals surface area contributed by atoms with E-state index >= 15 is 0 Å². The average molecular weight is 146 g/mol. The Morgan fingerprint density at radius 1 is 1.45 bits per heavy atom. The molecule has 0 aliphatic carbocycles. The summed E-state index contributed by atoms with van der Waals surface area (Å²) in [5.74, 6) is 5.55. The first-order valence-corrected chi connectivity index (χ1v) is 3.07. The van der Waals surface area contributed by atoms with Gasteiger partial charge in [0.25, 0.3) is 0 Å². The molecule has 3 heteroatoms. The van der Waals surface area contributed by atoms with Crippen LogP contribution in [0.2, 0.25) is 0 Å². The van der Waals surface area contributed by atoms with Crippen LogP contribution in [0.15, 0.2) is 12.4 Å². The van der Waals surface area contributed by atoms with E-state index in [0.717, 1.165) is 0 Å². The van der Waals surface area contributed by atoms with E-state index in [1.165, 1.54) is 0 Å². The van der Waals surface area contributed by atoms with E-state index in [1.807, 2.05) is 0 Å². The highest BCUT2D eigenvalue weighted by molar-refractivity contribution is 5.73. The van der Waals surface area contributed by atoms with E-state index in [-0.39, 0.29) is 0 Å². The third kappa shape index (κ3) is 2.18. The summed E-state index contributed by atoms with van der Waals surface area (Å²) in [6.45, 7) is 1.79. The maximum absolute atomic E-state index is 9.83. The topological polar surface area (TPSA) is 42.9 Å². The fraction of sp³-hybridized carbons (Fsp3) is 0.125. The van der Waals surface area contributed by atoms with Crippen LogP contribution in [-0.4, -0.2) is 16.3 Å². The fourth-order valence-electron chi connectivity index (χ4n) is 0.570. The van der Waals surface area contributed by atoms with E-state index in [1.54, 1.807) is 19.3 Å². The summed E-state index contributed by atoms with van der Waals surface area (Å²) in [6.07, 6.45) is 3.71. The van der Waals surface area contributed by atoms with Gasteiger partial charge in [0, 0.05) is 12.4 Å². The Morgan fingerprint density at radius 2 is 2.09 bits per heavy atom. The van der Waals surface area contributed by atoms with Gasteiger partial charge in [0.15, 0.2) is 6.29 Å². The van der Waals surface area contributed by atoms with Crippen molar-refractivity contribution in [2.24, 2.45) is 0 Å². The normalized spacial score (nSPS) is 8.09. The van der Waals surface area contributed by atoms with Crippen molar-refractivity contribution in [3.8, 4) is 11.8 Å². The lowest BCUT2D eigenvalue weighted by Crippen LogP contribution is -1.86. The molecule has 0 unspecified atom stereocenters. The van der Waals surface area contributed by atoms with Crippen molar-refractivity contribution in [1.82, 2.24) is 9.97 Å². The van der Waals surface area contributed by atoms with Crippen LogP contribution in [0, 0.1) is 18.8 Å². The van der Waals surface area contributed by atoms with Crippen LogP contribution >= 0.6 is 0 Å². The summed E-state index contributed by atoms with van der Waals surface area (Å²) in [6, 6.07) is 0. The fourth-order valence-corrected chi connectivity index (χ4v) is 0.570. The van der Waals surface area contributed by atoms with Crippen molar-refractivity contribution < 1.29 is 4.79 Å². The quantitative estimate of drug-likeness (QED) is 0.391. The van der Waals surface area contributed by atoms with Crippen LogP contribution in [-0.2, 0) is 4.79 Å². The first-order valence-electron chi connectivity index (χ1n) is 3.07. The van der Waals surface area contributed by atoms with E-state index in [4.69, 9.17) is 0 Å². The van der Waals surface area contributed by atoms with Crippen molar-refractivity contribution in [2.45, 2.75) is 6.92 Å². The summed E-state index contributed by atoms with van der Waals surface area (Å²) < 4.78 is 0. The van der Waals surface area contributed by atoms with Crippen LogP contribution in [0.3, 0.4) is 0 Å².